The first-order valence-electron chi connectivity index (χ1n) is 2.88. The van der Waals surface area contributed by atoms with Gasteiger partial charge in [-0.2, -0.15) is 0 Å². The minimum Gasteiger partial charge on any atom is -0.330 e. The maximum atomic E-state index is 5.32. The van der Waals surface area contributed by atoms with Crippen molar-refractivity contribution in [1.29, 1.82) is 0 Å². The Balaban J connectivity index is 2.69. The van der Waals surface area contributed by atoms with E-state index in [9.17, 15) is 0 Å². The van der Waals surface area contributed by atoms with Gasteiger partial charge in [0.2, 0.25) is 0 Å². The van der Waals surface area contributed by atoms with Gasteiger partial charge in [0.05, 0.1) is 11.9 Å². The average molecular weight is 126 g/mol. The molecule has 0 saturated heterocycles. The number of aryl methyl sites for hydroxylation is 1. The summed E-state index contributed by atoms with van der Waals surface area (Å²) in [5, 5.41) is 7.44. The van der Waals surface area contributed by atoms with Crippen molar-refractivity contribution in [2.75, 3.05) is 6.54 Å². The Morgan fingerprint density at radius 3 is 3.00 bits per heavy atom. The number of aromatic nitrogens is 3. The van der Waals surface area contributed by atoms with Crippen LogP contribution < -0.4 is 5.73 Å². The van der Waals surface area contributed by atoms with Crippen LogP contribution in [0.4, 0.5) is 0 Å². The van der Waals surface area contributed by atoms with Crippen molar-refractivity contribution in [3.63, 3.8) is 0 Å². The quantitative estimate of drug-likeness (QED) is 0.571. The van der Waals surface area contributed by atoms with E-state index in [0.717, 1.165) is 12.1 Å². The molecule has 0 aliphatic heterocycles. The minimum absolute atomic E-state index is 0.654. The molecule has 0 bridgehead atoms. The van der Waals surface area contributed by atoms with Crippen LogP contribution >= 0.6 is 0 Å². The molecule has 0 radical (unpaired) electrons. The Morgan fingerprint density at radius 2 is 2.56 bits per heavy atom. The summed E-state index contributed by atoms with van der Waals surface area (Å²) in [5.74, 6) is 0. The summed E-state index contributed by atoms with van der Waals surface area (Å²) in [6, 6.07) is 0. The van der Waals surface area contributed by atoms with E-state index in [4.69, 9.17) is 5.73 Å². The Bertz CT molecular complexity index is 181. The molecule has 0 unspecified atom stereocenters. The zero-order valence-electron chi connectivity index (χ0n) is 5.41. The van der Waals surface area contributed by atoms with Crippen molar-refractivity contribution in [3.8, 4) is 0 Å². The van der Waals surface area contributed by atoms with Gasteiger partial charge >= 0.3 is 0 Å². The van der Waals surface area contributed by atoms with Crippen LogP contribution in [-0.2, 0) is 13.5 Å². The van der Waals surface area contributed by atoms with Gasteiger partial charge in [-0.25, -0.2) is 0 Å². The van der Waals surface area contributed by atoms with Crippen LogP contribution in [0.2, 0.25) is 0 Å². The lowest BCUT2D eigenvalue weighted by atomic mass is 10.3. The zero-order chi connectivity index (χ0) is 6.69. The highest BCUT2D eigenvalue weighted by molar-refractivity contribution is 4.92. The smallest absolute Gasteiger partial charge is 0.0725 e. The van der Waals surface area contributed by atoms with E-state index in [1.54, 1.807) is 10.9 Å². The molecular formula is C5H10N4. The second-order valence-corrected chi connectivity index (χ2v) is 1.89. The first kappa shape index (κ1) is 6.22. The second kappa shape index (κ2) is 2.59. The molecule has 0 saturated carbocycles. The first-order valence-corrected chi connectivity index (χ1v) is 2.88. The van der Waals surface area contributed by atoms with Crippen molar-refractivity contribution in [3.05, 3.63) is 11.9 Å². The summed E-state index contributed by atoms with van der Waals surface area (Å²) in [6.45, 7) is 0.654. The highest BCUT2D eigenvalue weighted by Gasteiger charge is 1.95. The van der Waals surface area contributed by atoms with Gasteiger partial charge in [0.1, 0.15) is 0 Å². The third kappa shape index (κ3) is 1.26. The van der Waals surface area contributed by atoms with Gasteiger partial charge in [0.15, 0.2) is 0 Å². The summed E-state index contributed by atoms with van der Waals surface area (Å²) in [7, 11) is 1.86. The Hall–Kier alpha value is -0.900. The van der Waals surface area contributed by atoms with Crippen molar-refractivity contribution in [2.24, 2.45) is 12.8 Å². The van der Waals surface area contributed by atoms with E-state index in [1.165, 1.54) is 0 Å². The standard InChI is InChI=1S/C5H10N4/c1-9-5(2-3-6)4-7-8-9/h4H,2-3,6H2,1H3. The summed E-state index contributed by atoms with van der Waals surface area (Å²) >= 11 is 0. The highest BCUT2D eigenvalue weighted by Crippen LogP contribution is 1.91. The van der Waals surface area contributed by atoms with Crippen molar-refractivity contribution < 1.29 is 0 Å². The zero-order valence-corrected chi connectivity index (χ0v) is 5.41. The highest BCUT2D eigenvalue weighted by atomic mass is 15.4. The molecule has 0 aliphatic rings. The lowest BCUT2D eigenvalue weighted by Gasteiger charge is -1.94. The van der Waals surface area contributed by atoms with Crippen LogP contribution in [0.25, 0.3) is 0 Å². The van der Waals surface area contributed by atoms with Crippen molar-refractivity contribution >= 4 is 0 Å². The number of nitrogens with two attached hydrogens (primary N) is 1. The fourth-order valence-corrected chi connectivity index (χ4v) is 0.685. The van der Waals surface area contributed by atoms with E-state index in [-0.39, 0.29) is 0 Å². The van der Waals surface area contributed by atoms with Gasteiger partial charge in [-0.3, -0.25) is 4.68 Å². The summed E-state index contributed by atoms with van der Waals surface area (Å²) < 4.78 is 1.73. The van der Waals surface area contributed by atoms with Gasteiger partial charge in [0.25, 0.3) is 0 Å². The summed E-state index contributed by atoms with van der Waals surface area (Å²) in [5.41, 5.74) is 6.40. The molecule has 4 heteroatoms. The minimum atomic E-state index is 0.654. The van der Waals surface area contributed by atoms with E-state index in [0.29, 0.717) is 6.54 Å². The predicted octanol–water partition coefficient (Wildman–Crippen LogP) is -0.684. The fourth-order valence-electron chi connectivity index (χ4n) is 0.685. The predicted molar refractivity (Wildman–Crippen MR) is 33.8 cm³/mol. The molecule has 1 aromatic rings. The molecule has 1 rings (SSSR count). The lowest BCUT2D eigenvalue weighted by molar-refractivity contribution is 0.675. The number of rotatable bonds is 2. The molecule has 50 valence electrons. The van der Waals surface area contributed by atoms with Gasteiger partial charge in [-0.1, -0.05) is 5.21 Å². The average Bonchev–Trinajstić information content (AvgIpc) is 2.18. The molecule has 1 heterocycles. The molecular weight excluding hydrogens is 116 g/mol. The molecule has 0 aliphatic carbocycles. The largest absolute Gasteiger partial charge is 0.330 e. The number of hydrogen-bond acceptors (Lipinski definition) is 3. The fraction of sp³-hybridized carbons (Fsp3) is 0.600. The number of hydrogen-bond donors (Lipinski definition) is 1. The van der Waals surface area contributed by atoms with Crippen LogP contribution in [0.3, 0.4) is 0 Å². The number of nitrogens with zero attached hydrogens (tertiary/aromatic N) is 3. The summed E-state index contributed by atoms with van der Waals surface area (Å²) in [6.07, 6.45) is 2.58. The van der Waals surface area contributed by atoms with Crippen LogP contribution in [0, 0.1) is 0 Å². The first-order chi connectivity index (χ1) is 4.34. The van der Waals surface area contributed by atoms with Crippen LogP contribution in [-0.4, -0.2) is 21.5 Å². The van der Waals surface area contributed by atoms with E-state index < -0.39 is 0 Å². The van der Waals surface area contributed by atoms with Crippen molar-refractivity contribution in [1.82, 2.24) is 15.0 Å². The Kier molecular flexibility index (Phi) is 1.79. The maximum Gasteiger partial charge on any atom is 0.0725 e. The molecule has 0 amide bonds. The van der Waals surface area contributed by atoms with Crippen LogP contribution in [0.5, 0.6) is 0 Å². The van der Waals surface area contributed by atoms with Crippen LogP contribution in [0.15, 0.2) is 6.20 Å². The Labute approximate surface area is 53.7 Å². The van der Waals surface area contributed by atoms with E-state index in [2.05, 4.69) is 10.3 Å². The molecule has 0 fully saturated rings. The van der Waals surface area contributed by atoms with Gasteiger partial charge in [-0.05, 0) is 6.54 Å². The monoisotopic (exact) mass is 126 g/mol. The van der Waals surface area contributed by atoms with Crippen LogP contribution in [0.1, 0.15) is 5.69 Å². The SMILES string of the molecule is Cn1nncc1CCN. The van der Waals surface area contributed by atoms with E-state index in [1.807, 2.05) is 7.05 Å². The third-order valence-electron chi connectivity index (χ3n) is 1.21. The summed E-state index contributed by atoms with van der Waals surface area (Å²) in [4.78, 5) is 0. The normalized spacial score (nSPS) is 10.0. The molecule has 2 N–H and O–H groups in total. The molecule has 1 aromatic heterocycles. The van der Waals surface area contributed by atoms with Crippen molar-refractivity contribution in [2.45, 2.75) is 6.42 Å². The molecule has 0 aromatic carbocycles. The lowest BCUT2D eigenvalue weighted by Crippen LogP contribution is -2.06. The Morgan fingerprint density at radius 1 is 1.78 bits per heavy atom. The molecule has 0 spiro atoms. The van der Waals surface area contributed by atoms with Gasteiger partial charge in [0, 0.05) is 13.5 Å². The van der Waals surface area contributed by atoms with Gasteiger partial charge < -0.3 is 5.73 Å². The molecule has 0 atom stereocenters. The molecule has 9 heavy (non-hydrogen) atoms. The maximum absolute atomic E-state index is 5.32. The third-order valence-corrected chi connectivity index (χ3v) is 1.21. The molecule has 4 nitrogen and oxygen atoms in total. The van der Waals surface area contributed by atoms with Gasteiger partial charge in [-0.15, -0.1) is 5.10 Å². The van der Waals surface area contributed by atoms with E-state index >= 15 is 0 Å². The topological polar surface area (TPSA) is 56.7 Å². The second-order valence-electron chi connectivity index (χ2n) is 1.89.